The van der Waals surface area contributed by atoms with Gasteiger partial charge in [-0.1, -0.05) is 12.1 Å². The van der Waals surface area contributed by atoms with Gasteiger partial charge in [-0.25, -0.2) is 0 Å². The number of piperidine rings is 1. The van der Waals surface area contributed by atoms with Crippen molar-refractivity contribution in [2.45, 2.75) is 51.0 Å². The van der Waals surface area contributed by atoms with Gasteiger partial charge >= 0.3 is 0 Å². The van der Waals surface area contributed by atoms with Gasteiger partial charge < -0.3 is 9.80 Å². The highest BCUT2D eigenvalue weighted by atomic mass is 16.2. The maximum atomic E-state index is 13.3. The van der Waals surface area contributed by atoms with E-state index in [1.807, 2.05) is 9.47 Å². The lowest BCUT2D eigenvalue weighted by Crippen LogP contribution is -2.55. The molecule has 2 saturated carbocycles. The highest BCUT2D eigenvalue weighted by Crippen LogP contribution is 2.67. The van der Waals surface area contributed by atoms with E-state index in [4.69, 9.17) is 0 Å². The molecule has 2 unspecified atom stereocenters. The van der Waals surface area contributed by atoms with E-state index in [1.54, 1.807) is 0 Å². The van der Waals surface area contributed by atoms with Crippen LogP contribution in [0.5, 0.6) is 0 Å². The summed E-state index contributed by atoms with van der Waals surface area (Å²) in [5.41, 5.74) is 3.86. The highest BCUT2D eigenvalue weighted by molar-refractivity contribution is 5.99. The van der Waals surface area contributed by atoms with Crippen molar-refractivity contribution in [3.05, 3.63) is 35.5 Å². The molecule has 6 rings (SSSR count). The monoisotopic (exact) mass is 405 g/mol. The average molecular weight is 406 g/mol. The Hall–Kier alpha value is -2.14. The van der Waals surface area contributed by atoms with E-state index in [-0.39, 0.29) is 23.2 Å². The number of amides is 1. The fourth-order valence-corrected chi connectivity index (χ4v) is 6.82. The van der Waals surface area contributed by atoms with Crippen molar-refractivity contribution in [2.75, 3.05) is 26.7 Å². The molecule has 0 bridgehead atoms. The highest BCUT2D eigenvalue weighted by Gasteiger charge is 2.69. The maximum Gasteiger partial charge on any atom is 0.234 e. The third-order valence-corrected chi connectivity index (χ3v) is 8.54. The molecule has 2 heterocycles. The van der Waals surface area contributed by atoms with Gasteiger partial charge in [0.2, 0.25) is 11.8 Å². The normalized spacial score (nSPS) is 31.9. The van der Waals surface area contributed by atoms with Gasteiger partial charge in [0.25, 0.3) is 0 Å². The summed E-state index contributed by atoms with van der Waals surface area (Å²) in [6.45, 7) is 6.56. The molecule has 30 heavy (non-hydrogen) atoms. The van der Waals surface area contributed by atoms with Crippen LogP contribution in [-0.4, -0.2) is 58.9 Å². The van der Waals surface area contributed by atoms with E-state index in [1.165, 1.54) is 16.5 Å². The SMILES string of the molecule is CCN(CC)C(=O)[C@H]1CN(C)[C@@H]2Cc3cn(C(=O)C4CC4)c4cccc(c34)C23CC13. The van der Waals surface area contributed by atoms with Crippen LogP contribution in [0.1, 0.15) is 49.0 Å². The van der Waals surface area contributed by atoms with Crippen LogP contribution in [-0.2, 0) is 16.6 Å². The summed E-state index contributed by atoms with van der Waals surface area (Å²) in [4.78, 5) is 30.7. The number of carbonyl (C=O) groups excluding carboxylic acids is 2. The predicted octanol–water partition coefficient (Wildman–Crippen LogP) is 3.30. The maximum absolute atomic E-state index is 13.3. The number of nitrogens with zero attached hydrogens (tertiary/aromatic N) is 3. The van der Waals surface area contributed by atoms with Crippen LogP contribution in [0.25, 0.3) is 10.9 Å². The minimum Gasteiger partial charge on any atom is -0.343 e. The number of likely N-dealkylation sites (N-methyl/N-ethyl adjacent to an activating group) is 1. The Morgan fingerprint density at radius 3 is 2.67 bits per heavy atom. The first-order chi connectivity index (χ1) is 14.5. The largest absolute Gasteiger partial charge is 0.343 e. The standard InChI is InChI=1S/C25H31N3O2/c1-4-27(5-2)24(30)17-14-26(3)21-11-16-13-28(23(29)15-9-10-15)20-8-6-7-18(22(16)20)25(21)12-19(17)25/h6-8,13,15,17,19,21H,4-5,9-12,14H2,1-3H3/t17-,19?,21+,25?/m0/s1. The van der Waals surface area contributed by atoms with Gasteiger partial charge in [-0.3, -0.25) is 14.2 Å². The van der Waals surface area contributed by atoms with Gasteiger partial charge in [0, 0.05) is 48.6 Å². The zero-order chi connectivity index (χ0) is 20.8. The Bertz CT molecular complexity index is 1060. The molecule has 158 valence electrons. The van der Waals surface area contributed by atoms with Crippen molar-refractivity contribution in [3.63, 3.8) is 0 Å². The molecule has 0 radical (unpaired) electrons. The van der Waals surface area contributed by atoms with Gasteiger partial charge in [0.1, 0.15) is 0 Å². The van der Waals surface area contributed by atoms with Crippen LogP contribution in [0.15, 0.2) is 24.4 Å². The predicted molar refractivity (Wildman–Crippen MR) is 117 cm³/mol. The third kappa shape index (κ3) is 2.27. The lowest BCUT2D eigenvalue weighted by molar-refractivity contribution is -0.138. The minimum atomic E-state index is 0.0712. The average Bonchev–Trinajstić information content (AvgIpc) is 3.67. The van der Waals surface area contributed by atoms with Crippen molar-refractivity contribution in [3.8, 4) is 0 Å². The second-order valence-electron chi connectivity index (χ2n) is 9.96. The molecular formula is C25H31N3O2. The molecule has 1 spiro atoms. The van der Waals surface area contributed by atoms with E-state index in [2.05, 4.69) is 50.2 Å². The molecule has 5 heteroatoms. The van der Waals surface area contributed by atoms with Gasteiger partial charge in [-0.05, 0) is 69.7 Å². The van der Waals surface area contributed by atoms with Crippen LogP contribution in [0.2, 0.25) is 0 Å². The van der Waals surface area contributed by atoms with Crippen LogP contribution in [0, 0.1) is 17.8 Å². The molecule has 1 aromatic heterocycles. The number of hydrogen-bond acceptors (Lipinski definition) is 3. The van der Waals surface area contributed by atoms with Crippen LogP contribution >= 0.6 is 0 Å². The molecular weight excluding hydrogens is 374 g/mol. The van der Waals surface area contributed by atoms with E-state index in [9.17, 15) is 9.59 Å². The minimum absolute atomic E-state index is 0.0712. The van der Waals surface area contributed by atoms with Crippen molar-refractivity contribution in [1.82, 2.24) is 14.4 Å². The number of benzene rings is 1. The van der Waals surface area contributed by atoms with Gasteiger partial charge in [-0.15, -0.1) is 0 Å². The fraction of sp³-hybridized carbons (Fsp3) is 0.600. The Morgan fingerprint density at radius 2 is 1.97 bits per heavy atom. The number of rotatable bonds is 4. The first kappa shape index (κ1) is 18.6. The molecule has 4 aliphatic rings. The van der Waals surface area contributed by atoms with Gasteiger partial charge in [-0.2, -0.15) is 0 Å². The third-order valence-electron chi connectivity index (χ3n) is 8.54. The zero-order valence-electron chi connectivity index (χ0n) is 18.2. The lowest BCUT2D eigenvalue weighted by Gasteiger charge is -2.46. The molecule has 1 aliphatic heterocycles. The van der Waals surface area contributed by atoms with Crippen LogP contribution in [0.3, 0.4) is 0 Å². The van der Waals surface area contributed by atoms with E-state index < -0.39 is 0 Å². The van der Waals surface area contributed by atoms with Crippen LogP contribution < -0.4 is 0 Å². The van der Waals surface area contributed by atoms with Crippen molar-refractivity contribution in [1.29, 1.82) is 0 Å². The first-order valence-corrected chi connectivity index (χ1v) is 11.7. The second-order valence-corrected chi connectivity index (χ2v) is 9.96. The summed E-state index contributed by atoms with van der Waals surface area (Å²) in [7, 11) is 2.20. The first-order valence-electron chi connectivity index (χ1n) is 11.7. The summed E-state index contributed by atoms with van der Waals surface area (Å²) < 4.78 is 1.94. The molecule has 0 N–H and O–H groups in total. The Morgan fingerprint density at radius 1 is 1.20 bits per heavy atom. The molecule has 4 atom stereocenters. The topological polar surface area (TPSA) is 45.6 Å². The fourth-order valence-electron chi connectivity index (χ4n) is 6.82. The molecule has 5 nitrogen and oxygen atoms in total. The molecule has 3 aliphatic carbocycles. The van der Waals surface area contributed by atoms with E-state index in [0.29, 0.717) is 17.9 Å². The molecule has 1 saturated heterocycles. The number of aromatic nitrogens is 1. The smallest absolute Gasteiger partial charge is 0.234 e. The van der Waals surface area contributed by atoms with E-state index in [0.717, 1.165) is 50.8 Å². The summed E-state index contributed by atoms with van der Waals surface area (Å²) >= 11 is 0. The van der Waals surface area contributed by atoms with Gasteiger partial charge in [0.15, 0.2) is 0 Å². The van der Waals surface area contributed by atoms with Crippen molar-refractivity contribution in [2.24, 2.45) is 17.8 Å². The summed E-state index contributed by atoms with van der Waals surface area (Å²) in [5, 5.41) is 1.30. The second kappa shape index (κ2) is 6.19. The molecule has 1 aromatic carbocycles. The van der Waals surface area contributed by atoms with Crippen LogP contribution in [0.4, 0.5) is 0 Å². The number of likely N-dealkylation sites (tertiary alicyclic amines) is 1. The quantitative estimate of drug-likeness (QED) is 0.784. The van der Waals surface area contributed by atoms with Crippen molar-refractivity contribution >= 4 is 22.7 Å². The zero-order valence-corrected chi connectivity index (χ0v) is 18.2. The van der Waals surface area contributed by atoms with E-state index >= 15 is 0 Å². The lowest BCUT2D eigenvalue weighted by atomic mass is 9.71. The Labute approximate surface area is 178 Å². The van der Waals surface area contributed by atoms with Crippen molar-refractivity contribution < 1.29 is 9.59 Å². The molecule has 2 aromatic rings. The Kier molecular flexibility index (Phi) is 3.84. The summed E-state index contributed by atoms with van der Waals surface area (Å²) in [6.07, 6.45) is 6.26. The Balaban J connectivity index is 1.45. The molecule has 3 fully saturated rings. The summed E-state index contributed by atoms with van der Waals surface area (Å²) in [5.74, 6) is 1.31. The van der Waals surface area contributed by atoms with Gasteiger partial charge in [0.05, 0.1) is 11.4 Å². The summed E-state index contributed by atoms with van der Waals surface area (Å²) in [6, 6.07) is 6.94. The number of carbonyl (C=O) groups is 2. The molecule has 1 amide bonds. The number of hydrogen-bond donors (Lipinski definition) is 0.